The predicted molar refractivity (Wildman–Crippen MR) is 71.4 cm³/mol. The number of ether oxygens (including phenoxy) is 1. The van der Waals surface area contributed by atoms with Crippen LogP contribution in [-0.2, 0) is 9.53 Å². The first kappa shape index (κ1) is 13.6. The zero-order valence-electron chi connectivity index (χ0n) is 11.3. The normalized spacial score (nSPS) is 26.2. The van der Waals surface area contributed by atoms with E-state index in [1.165, 1.54) is 32.4 Å². The summed E-state index contributed by atoms with van der Waals surface area (Å²) in [5, 5.41) is 0. The van der Waals surface area contributed by atoms with Crippen LogP contribution in [-0.4, -0.2) is 61.1 Å². The van der Waals surface area contributed by atoms with Crippen LogP contribution in [0.15, 0.2) is 12.2 Å². The molecule has 2 aliphatic rings. The summed E-state index contributed by atoms with van der Waals surface area (Å²) in [6.07, 6.45) is 7.41. The molecule has 0 aliphatic carbocycles. The molecular weight excluding hydrogens is 228 g/mol. The Labute approximate surface area is 110 Å². The monoisotopic (exact) mass is 252 g/mol. The van der Waals surface area contributed by atoms with E-state index in [2.05, 4.69) is 9.80 Å². The van der Waals surface area contributed by atoms with Crippen molar-refractivity contribution in [3.63, 3.8) is 0 Å². The largest absolute Gasteiger partial charge is 0.463 e. The van der Waals surface area contributed by atoms with Gasteiger partial charge in [0.05, 0.1) is 6.61 Å². The quantitative estimate of drug-likeness (QED) is 0.557. The molecule has 2 fully saturated rings. The molecule has 2 heterocycles. The Morgan fingerprint density at radius 3 is 3.00 bits per heavy atom. The van der Waals surface area contributed by atoms with Crippen LogP contribution in [0.2, 0.25) is 0 Å². The zero-order chi connectivity index (χ0) is 12.8. The van der Waals surface area contributed by atoms with Gasteiger partial charge < -0.3 is 4.74 Å². The smallest absolute Gasteiger partial charge is 0.330 e. The van der Waals surface area contributed by atoms with Gasteiger partial charge in [0.25, 0.3) is 0 Å². The highest BCUT2D eigenvalue weighted by molar-refractivity contribution is 5.81. The maximum absolute atomic E-state index is 11.2. The molecule has 4 heteroatoms. The van der Waals surface area contributed by atoms with Crippen molar-refractivity contribution in [3.05, 3.63) is 12.2 Å². The molecule has 1 atom stereocenters. The lowest BCUT2D eigenvalue weighted by atomic mass is 10.2. The van der Waals surface area contributed by atoms with E-state index < -0.39 is 0 Å². The number of carbonyl (C=O) groups excluding carboxylic acids is 1. The van der Waals surface area contributed by atoms with Crippen molar-refractivity contribution in [1.29, 1.82) is 0 Å². The molecule has 0 amide bonds. The Morgan fingerprint density at radius 1 is 1.33 bits per heavy atom. The lowest BCUT2D eigenvalue weighted by Gasteiger charge is -2.24. The number of esters is 1. The number of hydrogen-bond donors (Lipinski definition) is 0. The van der Waals surface area contributed by atoms with Crippen LogP contribution in [0, 0.1) is 0 Å². The Bertz CT molecular complexity index is 304. The van der Waals surface area contributed by atoms with Gasteiger partial charge in [-0.15, -0.1) is 0 Å². The van der Waals surface area contributed by atoms with Crippen LogP contribution < -0.4 is 0 Å². The number of fused-ring (bicyclic) bond motifs is 1. The minimum atomic E-state index is -0.227. The van der Waals surface area contributed by atoms with Gasteiger partial charge in [-0.1, -0.05) is 6.08 Å². The molecule has 0 N–H and O–H groups in total. The van der Waals surface area contributed by atoms with Crippen LogP contribution in [0.3, 0.4) is 0 Å². The van der Waals surface area contributed by atoms with Crippen LogP contribution in [0.4, 0.5) is 0 Å². The van der Waals surface area contributed by atoms with Crippen molar-refractivity contribution in [2.24, 2.45) is 0 Å². The standard InChI is InChI=1S/C14H24N2O2/c1-2-18-14(17)7-4-8-15-9-5-11-16-10-3-6-13(16)12-15/h4,7,13H,2-3,5-6,8-12H2,1H3/b7-4+. The van der Waals surface area contributed by atoms with Gasteiger partial charge in [-0.25, -0.2) is 4.79 Å². The Hall–Kier alpha value is -0.870. The number of rotatable bonds is 4. The average molecular weight is 252 g/mol. The van der Waals surface area contributed by atoms with Crippen molar-refractivity contribution in [3.8, 4) is 0 Å². The number of carbonyl (C=O) groups is 1. The SMILES string of the molecule is CCOC(=O)/C=C/CN1CCCN2CCCC2C1. The van der Waals surface area contributed by atoms with Gasteiger partial charge in [0.1, 0.15) is 0 Å². The molecule has 18 heavy (non-hydrogen) atoms. The summed E-state index contributed by atoms with van der Waals surface area (Å²) in [7, 11) is 0. The third-order valence-corrected chi connectivity index (χ3v) is 3.79. The molecule has 0 bridgehead atoms. The van der Waals surface area contributed by atoms with Crippen LogP contribution in [0.1, 0.15) is 26.2 Å². The second-order valence-electron chi connectivity index (χ2n) is 5.10. The minimum Gasteiger partial charge on any atom is -0.463 e. The van der Waals surface area contributed by atoms with Gasteiger partial charge in [-0.05, 0) is 45.8 Å². The third kappa shape index (κ3) is 3.82. The van der Waals surface area contributed by atoms with Gasteiger partial charge in [-0.3, -0.25) is 9.80 Å². The van der Waals surface area contributed by atoms with E-state index in [9.17, 15) is 4.79 Å². The van der Waals surface area contributed by atoms with Gasteiger partial charge in [0.2, 0.25) is 0 Å². The Kier molecular flexibility index (Phi) is 5.20. The van der Waals surface area contributed by atoms with Crippen molar-refractivity contribution in [2.75, 3.05) is 39.3 Å². The van der Waals surface area contributed by atoms with E-state index >= 15 is 0 Å². The van der Waals surface area contributed by atoms with Gasteiger partial charge in [-0.2, -0.15) is 0 Å². The van der Waals surface area contributed by atoms with E-state index in [1.807, 2.05) is 13.0 Å². The van der Waals surface area contributed by atoms with E-state index in [0.717, 1.165) is 25.7 Å². The highest BCUT2D eigenvalue weighted by Gasteiger charge is 2.27. The average Bonchev–Trinajstić information content (AvgIpc) is 2.68. The van der Waals surface area contributed by atoms with E-state index in [-0.39, 0.29) is 5.97 Å². The molecule has 0 spiro atoms. The molecule has 4 nitrogen and oxygen atoms in total. The minimum absolute atomic E-state index is 0.227. The van der Waals surface area contributed by atoms with Gasteiger partial charge >= 0.3 is 5.97 Å². The van der Waals surface area contributed by atoms with Crippen molar-refractivity contribution >= 4 is 5.97 Å². The predicted octanol–water partition coefficient (Wildman–Crippen LogP) is 1.28. The fraction of sp³-hybridized carbons (Fsp3) is 0.786. The van der Waals surface area contributed by atoms with Crippen molar-refractivity contribution in [1.82, 2.24) is 9.80 Å². The third-order valence-electron chi connectivity index (χ3n) is 3.79. The second-order valence-corrected chi connectivity index (χ2v) is 5.10. The summed E-state index contributed by atoms with van der Waals surface area (Å²) in [4.78, 5) is 16.3. The topological polar surface area (TPSA) is 32.8 Å². The molecular formula is C14H24N2O2. The maximum Gasteiger partial charge on any atom is 0.330 e. The maximum atomic E-state index is 11.2. The molecule has 0 aromatic heterocycles. The fourth-order valence-corrected chi connectivity index (χ4v) is 2.94. The summed E-state index contributed by atoms with van der Waals surface area (Å²) in [5.41, 5.74) is 0. The Balaban J connectivity index is 1.77. The first-order valence-electron chi connectivity index (χ1n) is 7.09. The Morgan fingerprint density at radius 2 is 2.17 bits per heavy atom. The summed E-state index contributed by atoms with van der Waals surface area (Å²) >= 11 is 0. The molecule has 2 saturated heterocycles. The second kappa shape index (κ2) is 6.90. The van der Waals surface area contributed by atoms with Crippen LogP contribution in [0.25, 0.3) is 0 Å². The fourth-order valence-electron chi connectivity index (χ4n) is 2.94. The zero-order valence-corrected chi connectivity index (χ0v) is 11.3. The summed E-state index contributed by atoms with van der Waals surface area (Å²) in [6.45, 7) is 7.94. The lowest BCUT2D eigenvalue weighted by Crippen LogP contribution is -2.36. The highest BCUT2D eigenvalue weighted by atomic mass is 16.5. The molecule has 0 aromatic carbocycles. The lowest BCUT2D eigenvalue weighted by molar-refractivity contribution is -0.137. The summed E-state index contributed by atoms with van der Waals surface area (Å²) in [5.74, 6) is -0.227. The van der Waals surface area contributed by atoms with Crippen molar-refractivity contribution < 1.29 is 9.53 Å². The molecule has 0 saturated carbocycles. The van der Waals surface area contributed by atoms with E-state index in [4.69, 9.17) is 4.74 Å². The summed E-state index contributed by atoms with van der Waals surface area (Å²) in [6, 6.07) is 0.739. The summed E-state index contributed by atoms with van der Waals surface area (Å²) < 4.78 is 4.87. The van der Waals surface area contributed by atoms with Crippen LogP contribution >= 0.6 is 0 Å². The van der Waals surface area contributed by atoms with Crippen molar-refractivity contribution in [2.45, 2.75) is 32.2 Å². The first-order valence-corrected chi connectivity index (χ1v) is 7.09. The van der Waals surface area contributed by atoms with E-state index in [0.29, 0.717) is 6.61 Å². The molecule has 102 valence electrons. The first-order chi connectivity index (χ1) is 8.79. The number of hydrogen-bond acceptors (Lipinski definition) is 4. The molecule has 2 rings (SSSR count). The molecule has 0 radical (unpaired) electrons. The van der Waals surface area contributed by atoms with Gasteiger partial charge in [0.15, 0.2) is 0 Å². The number of nitrogens with zero attached hydrogens (tertiary/aromatic N) is 2. The van der Waals surface area contributed by atoms with Crippen LogP contribution in [0.5, 0.6) is 0 Å². The molecule has 2 aliphatic heterocycles. The van der Waals surface area contributed by atoms with Gasteiger partial charge in [0, 0.05) is 25.2 Å². The molecule has 0 aromatic rings. The highest BCUT2D eigenvalue weighted by Crippen LogP contribution is 2.21. The molecule has 1 unspecified atom stereocenters. The van der Waals surface area contributed by atoms with E-state index in [1.54, 1.807) is 6.08 Å².